The van der Waals surface area contributed by atoms with Gasteiger partial charge in [0.05, 0.1) is 16.6 Å². The van der Waals surface area contributed by atoms with Crippen LogP contribution >= 0.6 is 0 Å². The largest absolute Gasteiger partial charge is 0.366 e. The number of carbonyl (C=O) groups excluding carboxylic acids is 1. The molecule has 5 heteroatoms. The van der Waals surface area contributed by atoms with E-state index in [1.54, 1.807) is 6.07 Å². The number of para-hydroxylation sites is 1. The number of imidazole rings is 1. The van der Waals surface area contributed by atoms with Crippen molar-refractivity contribution < 1.29 is 4.79 Å². The first-order valence-corrected chi connectivity index (χ1v) is 6.99. The molecule has 1 heterocycles. The molecule has 0 saturated heterocycles. The lowest BCUT2D eigenvalue weighted by Crippen LogP contribution is -2.38. The van der Waals surface area contributed by atoms with Crippen LogP contribution in [0.2, 0.25) is 0 Å². The summed E-state index contributed by atoms with van der Waals surface area (Å²) < 4.78 is 0. The lowest BCUT2D eigenvalue weighted by molar-refractivity contribution is 0.100. The van der Waals surface area contributed by atoms with Gasteiger partial charge in [-0.2, -0.15) is 0 Å². The molecule has 0 aliphatic rings. The highest BCUT2D eigenvalue weighted by atomic mass is 16.1. The summed E-state index contributed by atoms with van der Waals surface area (Å²) in [5, 5.41) is 3.48. The summed E-state index contributed by atoms with van der Waals surface area (Å²) in [4.78, 5) is 19.3. The van der Waals surface area contributed by atoms with E-state index >= 15 is 0 Å². The van der Waals surface area contributed by atoms with Crippen molar-refractivity contribution in [1.29, 1.82) is 0 Å². The van der Waals surface area contributed by atoms with Gasteiger partial charge < -0.3 is 16.0 Å². The fourth-order valence-corrected chi connectivity index (χ4v) is 2.19. The number of aromatic nitrogens is 2. The van der Waals surface area contributed by atoms with Gasteiger partial charge in [0.2, 0.25) is 0 Å². The molecule has 5 nitrogen and oxygen atoms in total. The molecule has 0 aliphatic carbocycles. The van der Waals surface area contributed by atoms with Crippen molar-refractivity contribution in [2.45, 2.75) is 39.2 Å². The molecule has 1 aromatic carbocycles. The first kappa shape index (κ1) is 14.5. The third-order valence-corrected chi connectivity index (χ3v) is 3.47. The maximum Gasteiger partial charge on any atom is 0.250 e. The highest BCUT2D eigenvalue weighted by molar-refractivity contribution is 6.04. The number of nitrogens with two attached hydrogens (primary N) is 1. The second-order valence-electron chi connectivity index (χ2n) is 5.56. The molecule has 108 valence electrons. The molecule has 0 bridgehead atoms. The Hall–Kier alpha value is -1.88. The van der Waals surface area contributed by atoms with E-state index in [0.29, 0.717) is 11.1 Å². The average molecular weight is 274 g/mol. The molecule has 2 rings (SSSR count). The maximum atomic E-state index is 11.4. The molecule has 0 saturated carbocycles. The summed E-state index contributed by atoms with van der Waals surface area (Å²) in [6.45, 7) is 7.24. The normalized spacial score (nSPS) is 11.9. The fraction of sp³-hybridized carbons (Fsp3) is 0.467. The van der Waals surface area contributed by atoms with Crippen LogP contribution in [0.4, 0.5) is 0 Å². The first-order chi connectivity index (χ1) is 9.45. The summed E-state index contributed by atoms with van der Waals surface area (Å²) in [6, 6.07) is 5.41. The van der Waals surface area contributed by atoms with Crippen LogP contribution in [0.1, 0.15) is 49.8 Å². The third kappa shape index (κ3) is 2.82. The Labute approximate surface area is 119 Å². The molecule has 0 aliphatic heterocycles. The Morgan fingerprint density at radius 2 is 2.20 bits per heavy atom. The molecule has 2 aromatic rings. The molecular weight excluding hydrogens is 252 g/mol. The molecule has 0 atom stereocenters. The monoisotopic (exact) mass is 274 g/mol. The van der Waals surface area contributed by atoms with E-state index in [2.05, 4.69) is 36.1 Å². The Morgan fingerprint density at radius 1 is 1.45 bits per heavy atom. The van der Waals surface area contributed by atoms with Gasteiger partial charge in [-0.25, -0.2) is 4.98 Å². The van der Waals surface area contributed by atoms with Gasteiger partial charge in [-0.05, 0) is 38.9 Å². The van der Waals surface area contributed by atoms with Crippen molar-refractivity contribution in [3.63, 3.8) is 0 Å². The number of primary amides is 1. The minimum absolute atomic E-state index is 0.275. The maximum absolute atomic E-state index is 11.4. The van der Waals surface area contributed by atoms with E-state index in [0.717, 1.165) is 30.7 Å². The molecular formula is C15H22N4O. The number of rotatable bonds is 6. The summed E-state index contributed by atoms with van der Waals surface area (Å²) >= 11 is 0. The number of aromatic amines is 1. The van der Waals surface area contributed by atoms with Crippen LogP contribution in [-0.4, -0.2) is 22.4 Å². The number of unbranched alkanes of at least 4 members (excludes halogenated alkanes) is 1. The van der Waals surface area contributed by atoms with Crippen LogP contribution in [0.25, 0.3) is 11.0 Å². The number of benzene rings is 1. The minimum Gasteiger partial charge on any atom is -0.366 e. The second kappa shape index (κ2) is 5.63. The summed E-state index contributed by atoms with van der Waals surface area (Å²) in [5.41, 5.74) is 7.04. The molecule has 1 amide bonds. The number of hydrogen-bond donors (Lipinski definition) is 3. The van der Waals surface area contributed by atoms with Gasteiger partial charge in [-0.15, -0.1) is 0 Å². The van der Waals surface area contributed by atoms with Crippen LogP contribution in [0.5, 0.6) is 0 Å². The number of nitrogens with zero attached hydrogens (tertiary/aromatic N) is 1. The number of nitrogens with one attached hydrogen (secondary N) is 2. The van der Waals surface area contributed by atoms with Crippen LogP contribution in [0.15, 0.2) is 18.2 Å². The third-order valence-electron chi connectivity index (χ3n) is 3.47. The zero-order valence-electron chi connectivity index (χ0n) is 12.3. The van der Waals surface area contributed by atoms with E-state index in [1.165, 1.54) is 0 Å². The van der Waals surface area contributed by atoms with E-state index in [-0.39, 0.29) is 5.54 Å². The van der Waals surface area contributed by atoms with Gasteiger partial charge in [-0.3, -0.25) is 4.79 Å². The van der Waals surface area contributed by atoms with Crippen LogP contribution in [0.3, 0.4) is 0 Å². The zero-order valence-corrected chi connectivity index (χ0v) is 12.3. The zero-order chi connectivity index (χ0) is 14.8. The van der Waals surface area contributed by atoms with E-state index in [9.17, 15) is 4.79 Å². The van der Waals surface area contributed by atoms with Crippen LogP contribution in [-0.2, 0) is 5.54 Å². The predicted molar refractivity (Wildman–Crippen MR) is 80.5 cm³/mol. The van der Waals surface area contributed by atoms with E-state index in [4.69, 9.17) is 5.73 Å². The topological polar surface area (TPSA) is 83.8 Å². The van der Waals surface area contributed by atoms with Gasteiger partial charge in [0.1, 0.15) is 11.3 Å². The summed E-state index contributed by atoms with van der Waals surface area (Å²) in [5.74, 6) is 0.364. The van der Waals surface area contributed by atoms with Gasteiger partial charge in [-0.1, -0.05) is 19.4 Å². The van der Waals surface area contributed by atoms with Crippen molar-refractivity contribution in [1.82, 2.24) is 15.3 Å². The highest BCUT2D eigenvalue weighted by Gasteiger charge is 2.24. The van der Waals surface area contributed by atoms with Gasteiger partial charge >= 0.3 is 0 Å². The highest BCUT2D eigenvalue weighted by Crippen LogP contribution is 2.23. The molecule has 4 N–H and O–H groups in total. The number of hydrogen-bond acceptors (Lipinski definition) is 3. The Balaban J connectivity index is 2.36. The summed E-state index contributed by atoms with van der Waals surface area (Å²) in [7, 11) is 0. The van der Waals surface area contributed by atoms with Gasteiger partial charge in [0.25, 0.3) is 5.91 Å². The Kier molecular flexibility index (Phi) is 4.09. The molecule has 0 radical (unpaired) electrons. The lowest BCUT2D eigenvalue weighted by atomic mass is 10.0. The van der Waals surface area contributed by atoms with Gasteiger partial charge in [0, 0.05) is 0 Å². The molecule has 0 spiro atoms. The Morgan fingerprint density at radius 3 is 2.85 bits per heavy atom. The SMILES string of the molecule is CCCCNC(C)(C)c1nc2c(C(N)=O)cccc2[nH]1. The van der Waals surface area contributed by atoms with Crippen molar-refractivity contribution in [3.05, 3.63) is 29.6 Å². The first-order valence-electron chi connectivity index (χ1n) is 6.99. The number of fused-ring (bicyclic) bond motifs is 1. The van der Waals surface area contributed by atoms with E-state index in [1.807, 2.05) is 12.1 Å². The van der Waals surface area contributed by atoms with E-state index < -0.39 is 5.91 Å². The van der Waals surface area contributed by atoms with Crippen molar-refractivity contribution in [2.75, 3.05) is 6.54 Å². The smallest absolute Gasteiger partial charge is 0.250 e. The Bertz CT molecular complexity index is 615. The van der Waals surface area contributed by atoms with Gasteiger partial charge in [0.15, 0.2) is 0 Å². The number of carbonyl (C=O) groups is 1. The predicted octanol–water partition coefficient (Wildman–Crippen LogP) is 2.29. The molecule has 1 aromatic heterocycles. The minimum atomic E-state index is -0.453. The average Bonchev–Trinajstić information content (AvgIpc) is 2.83. The molecule has 0 unspecified atom stereocenters. The quantitative estimate of drug-likeness (QED) is 0.707. The van der Waals surface area contributed by atoms with Crippen LogP contribution < -0.4 is 11.1 Å². The van der Waals surface area contributed by atoms with Crippen molar-refractivity contribution >= 4 is 16.9 Å². The second-order valence-corrected chi connectivity index (χ2v) is 5.56. The van der Waals surface area contributed by atoms with Crippen molar-refractivity contribution in [3.8, 4) is 0 Å². The van der Waals surface area contributed by atoms with Crippen LogP contribution in [0, 0.1) is 0 Å². The lowest BCUT2D eigenvalue weighted by Gasteiger charge is -2.23. The molecule has 20 heavy (non-hydrogen) atoms. The summed E-state index contributed by atoms with van der Waals surface area (Å²) in [6.07, 6.45) is 2.27. The van der Waals surface area contributed by atoms with Crippen molar-refractivity contribution in [2.24, 2.45) is 5.73 Å². The fourth-order valence-electron chi connectivity index (χ4n) is 2.19. The standard InChI is InChI=1S/C15H22N4O/c1-4-5-9-17-15(2,3)14-18-11-8-6-7-10(13(16)20)12(11)19-14/h6-8,17H,4-5,9H2,1-3H3,(H2,16,20)(H,18,19). The number of amides is 1. The number of H-pyrrole nitrogens is 1. The molecule has 0 fully saturated rings.